The van der Waals surface area contributed by atoms with Gasteiger partial charge in [0.1, 0.15) is 10.6 Å². The fourth-order valence-corrected chi connectivity index (χ4v) is 4.78. The number of rotatable bonds is 3. The molecule has 0 spiro atoms. The van der Waals surface area contributed by atoms with Crippen molar-refractivity contribution in [2.75, 3.05) is 29.4 Å². The maximum absolute atomic E-state index is 13.0. The zero-order valence-electron chi connectivity index (χ0n) is 17.0. The molecule has 5 heterocycles. The van der Waals surface area contributed by atoms with Gasteiger partial charge < -0.3 is 9.80 Å². The van der Waals surface area contributed by atoms with Crippen LogP contribution in [0.15, 0.2) is 36.9 Å². The fourth-order valence-electron chi connectivity index (χ4n) is 3.76. The Labute approximate surface area is 177 Å². The van der Waals surface area contributed by atoms with E-state index >= 15 is 0 Å². The molecule has 1 amide bonds. The molecular formula is C21H21N7OS. The molecule has 0 atom stereocenters. The molecular weight excluding hydrogens is 398 g/mol. The molecule has 0 unspecified atom stereocenters. The van der Waals surface area contributed by atoms with Crippen LogP contribution in [-0.2, 0) is 11.8 Å². The highest BCUT2D eigenvalue weighted by Crippen LogP contribution is 2.37. The summed E-state index contributed by atoms with van der Waals surface area (Å²) in [6.07, 6.45) is 7.09. The molecule has 1 fully saturated rings. The van der Waals surface area contributed by atoms with Crippen molar-refractivity contribution in [3.05, 3.63) is 47.4 Å². The lowest BCUT2D eigenvalue weighted by Crippen LogP contribution is -2.51. The van der Waals surface area contributed by atoms with E-state index in [4.69, 9.17) is 9.97 Å². The topological polar surface area (TPSA) is 80.0 Å². The lowest BCUT2D eigenvalue weighted by Gasteiger charge is -2.34. The summed E-state index contributed by atoms with van der Waals surface area (Å²) in [5, 5.41) is 5.22. The average Bonchev–Trinajstić information content (AvgIpc) is 3.30. The van der Waals surface area contributed by atoms with Crippen LogP contribution in [0.25, 0.3) is 21.6 Å². The Balaban J connectivity index is 1.56. The third-order valence-electron chi connectivity index (χ3n) is 5.45. The molecule has 0 aromatic carbocycles. The van der Waals surface area contributed by atoms with Crippen molar-refractivity contribution in [2.24, 2.45) is 7.05 Å². The first-order valence-corrected chi connectivity index (χ1v) is 10.5. The SMILES string of the molecule is Cc1sc2nc(-c3cccnc3)nc(N3CCN(c4cnn(C)c4)C(=O)C3)c2c1C. The maximum atomic E-state index is 13.0. The van der Waals surface area contributed by atoms with E-state index in [1.807, 2.05) is 25.4 Å². The third-order valence-corrected chi connectivity index (χ3v) is 6.55. The van der Waals surface area contributed by atoms with E-state index < -0.39 is 0 Å². The Hall–Kier alpha value is -3.33. The number of piperazine rings is 1. The molecule has 5 rings (SSSR count). The lowest BCUT2D eigenvalue weighted by molar-refractivity contribution is -0.117. The van der Waals surface area contributed by atoms with Crippen molar-refractivity contribution in [1.82, 2.24) is 24.7 Å². The highest BCUT2D eigenvalue weighted by Gasteiger charge is 2.29. The molecule has 1 saturated heterocycles. The summed E-state index contributed by atoms with van der Waals surface area (Å²) in [7, 11) is 1.85. The van der Waals surface area contributed by atoms with Crippen molar-refractivity contribution in [3.63, 3.8) is 0 Å². The van der Waals surface area contributed by atoms with Crippen LogP contribution in [0.1, 0.15) is 10.4 Å². The standard InChI is InChI=1S/C21H21N7OS/c1-13-14(2)30-21-18(13)20(24-19(25-21)15-5-4-6-22-9-15)27-7-8-28(17(29)12-27)16-10-23-26(3)11-16/h4-6,9-11H,7-8,12H2,1-3H3. The molecule has 4 aromatic rings. The first-order valence-electron chi connectivity index (χ1n) is 9.73. The number of anilines is 2. The quantitative estimate of drug-likeness (QED) is 0.508. The summed E-state index contributed by atoms with van der Waals surface area (Å²) in [5.41, 5.74) is 2.86. The molecule has 0 saturated carbocycles. The van der Waals surface area contributed by atoms with Gasteiger partial charge in [-0.05, 0) is 31.5 Å². The zero-order valence-corrected chi connectivity index (χ0v) is 17.8. The number of hydrogen-bond acceptors (Lipinski definition) is 7. The van der Waals surface area contributed by atoms with Crippen molar-refractivity contribution in [1.29, 1.82) is 0 Å². The van der Waals surface area contributed by atoms with Gasteiger partial charge in [0.15, 0.2) is 5.82 Å². The van der Waals surface area contributed by atoms with E-state index in [1.165, 1.54) is 10.4 Å². The first kappa shape index (κ1) is 18.7. The molecule has 4 aromatic heterocycles. The van der Waals surface area contributed by atoms with Crippen molar-refractivity contribution in [3.8, 4) is 11.4 Å². The Kier molecular flexibility index (Phi) is 4.47. The fraction of sp³-hybridized carbons (Fsp3) is 0.286. The van der Waals surface area contributed by atoms with Crippen LogP contribution in [0.5, 0.6) is 0 Å². The lowest BCUT2D eigenvalue weighted by atomic mass is 10.1. The monoisotopic (exact) mass is 419 g/mol. The summed E-state index contributed by atoms with van der Waals surface area (Å²) in [6.45, 7) is 5.73. The van der Waals surface area contributed by atoms with Gasteiger partial charge in [-0.2, -0.15) is 5.10 Å². The van der Waals surface area contributed by atoms with Gasteiger partial charge in [0.2, 0.25) is 5.91 Å². The molecule has 9 heteroatoms. The van der Waals surface area contributed by atoms with Crippen LogP contribution in [0.3, 0.4) is 0 Å². The van der Waals surface area contributed by atoms with Crippen molar-refractivity contribution in [2.45, 2.75) is 13.8 Å². The molecule has 0 radical (unpaired) electrons. The number of carbonyl (C=O) groups excluding carboxylic acids is 1. The Morgan fingerprint density at radius 1 is 1.13 bits per heavy atom. The van der Waals surface area contributed by atoms with E-state index in [2.05, 4.69) is 28.8 Å². The van der Waals surface area contributed by atoms with E-state index in [9.17, 15) is 4.79 Å². The minimum absolute atomic E-state index is 0.0357. The predicted molar refractivity (Wildman–Crippen MR) is 118 cm³/mol. The number of amides is 1. The van der Waals surface area contributed by atoms with Crippen molar-refractivity contribution < 1.29 is 4.79 Å². The predicted octanol–water partition coefficient (Wildman–Crippen LogP) is 2.96. The number of nitrogens with zero attached hydrogens (tertiary/aromatic N) is 7. The number of hydrogen-bond donors (Lipinski definition) is 0. The largest absolute Gasteiger partial charge is 0.345 e. The highest BCUT2D eigenvalue weighted by molar-refractivity contribution is 7.18. The number of pyridine rings is 1. The van der Waals surface area contributed by atoms with Gasteiger partial charge in [-0.1, -0.05) is 0 Å². The van der Waals surface area contributed by atoms with E-state index in [0.29, 0.717) is 18.9 Å². The highest BCUT2D eigenvalue weighted by atomic mass is 32.1. The molecule has 0 bridgehead atoms. The molecule has 30 heavy (non-hydrogen) atoms. The van der Waals surface area contributed by atoms with Crippen LogP contribution < -0.4 is 9.80 Å². The van der Waals surface area contributed by atoms with Crippen LogP contribution in [0.4, 0.5) is 11.5 Å². The van der Waals surface area contributed by atoms with Gasteiger partial charge in [-0.3, -0.25) is 14.5 Å². The smallest absolute Gasteiger partial charge is 0.246 e. The molecule has 0 aliphatic carbocycles. The van der Waals surface area contributed by atoms with E-state index in [-0.39, 0.29) is 12.5 Å². The van der Waals surface area contributed by atoms with Gasteiger partial charge in [0.05, 0.1) is 23.8 Å². The second-order valence-corrected chi connectivity index (χ2v) is 8.62. The van der Waals surface area contributed by atoms with Crippen LogP contribution >= 0.6 is 11.3 Å². The molecule has 8 nitrogen and oxygen atoms in total. The van der Waals surface area contributed by atoms with Gasteiger partial charge in [-0.25, -0.2) is 9.97 Å². The Morgan fingerprint density at radius 3 is 2.70 bits per heavy atom. The van der Waals surface area contributed by atoms with E-state index in [1.54, 1.807) is 39.5 Å². The summed E-state index contributed by atoms with van der Waals surface area (Å²) >= 11 is 1.66. The minimum atomic E-state index is 0.0357. The molecule has 0 N–H and O–H groups in total. The third kappa shape index (κ3) is 3.11. The van der Waals surface area contributed by atoms with Crippen LogP contribution in [-0.4, -0.2) is 50.3 Å². The van der Waals surface area contributed by atoms with Crippen molar-refractivity contribution >= 4 is 39.0 Å². The number of carbonyl (C=O) groups is 1. The molecule has 152 valence electrons. The van der Waals surface area contributed by atoms with Gasteiger partial charge in [0, 0.05) is 49.2 Å². The summed E-state index contributed by atoms with van der Waals surface area (Å²) < 4.78 is 1.71. The number of aryl methyl sites for hydroxylation is 3. The van der Waals surface area contributed by atoms with Gasteiger partial charge in [-0.15, -0.1) is 11.3 Å². The average molecular weight is 420 g/mol. The van der Waals surface area contributed by atoms with Crippen LogP contribution in [0, 0.1) is 13.8 Å². The van der Waals surface area contributed by atoms with Gasteiger partial charge >= 0.3 is 0 Å². The molecule has 1 aliphatic rings. The summed E-state index contributed by atoms with van der Waals surface area (Å²) in [6, 6.07) is 3.83. The maximum Gasteiger partial charge on any atom is 0.246 e. The zero-order chi connectivity index (χ0) is 20.8. The summed E-state index contributed by atoms with van der Waals surface area (Å²) in [4.78, 5) is 32.9. The second kappa shape index (κ2) is 7.17. The van der Waals surface area contributed by atoms with Gasteiger partial charge in [0.25, 0.3) is 0 Å². The Morgan fingerprint density at radius 2 is 2.00 bits per heavy atom. The molecule has 1 aliphatic heterocycles. The van der Waals surface area contributed by atoms with Crippen LogP contribution in [0.2, 0.25) is 0 Å². The number of thiophene rings is 1. The number of aromatic nitrogens is 5. The Bertz CT molecular complexity index is 1250. The number of fused-ring (bicyclic) bond motifs is 1. The van der Waals surface area contributed by atoms with E-state index in [0.717, 1.165) is 27.3 Å². The minimum Gasteiger partial charge on any atom is -0.345 e. The first-order chi connectivity index (χ1) is 14.5. The normalized spacial score (nSPS) is 14.7. The second-order valence-electron chi connectivity index (χ2n) is 7.42. The summed E-state index contributed by atoms with van der Waals surface area (Å²) in [5.74, 6) is 1.49.